The number of carbonyl (C=O) groups is 1. The summed E-state index contributed by atoms with van der Waals surface area (Å²) in [7, 11) is 0. The molecule has 1 saturated heterocycles. The lowest BCUT2D eigenvalue weighted by Gasteiger charge is -2.25. The molecule has 1 heterocycles. The third-order valence-electron chi connectivity index (χ3n) is 4.14. The first kappa shape index (κ1) is 15.8. The first-order chi connectivity index (χ1) is 10.1. The molecule has 21 heavy (non-hydrogen) atoms. The van der Waals surface area contributed by atoms with Gasteiger partial charge in [-0.15, -0.1) is 0 Å². The average Bonchev–Trinajstić information content (AvgIpc) is 2.84. The first-order valence-electron chi connectivity index (χ1n) is 7.51. The second-order valence-electron chi connectivity index (χ2n) is 5.67. The van der Waals surface area contributed by atoms with Crippen LogP contribution in [0.2, 0.25) is 0 Å². The van der Waals surface area contributed by atoms with Crippen LogP contribution in [0.3, 0.4) is 0 Å². The number of likely N-dealkylation sites (tertiary alicyclic amines) is 1. The summed E-state index contributed by atoms with van der Waals surface area (Å²) in [4.78, 5) is 13.8. The monoisotopic (exact) mass is 294 g/mol. The molecule has 116 valence electrons. The van der Waals surface area contributed by atoms with Crippen molar-refractivity contribution < 1.29 is 14.3 Å². The Morgan fingerprint density at radius 3 is 3.05 bits per heavy atom. The molecule has 0 bridgehead atoms. The summed E-state index contributed by atoms with van der Waals surface area (Å²) in [5.41, 5.74) is 0.937. The predicted molar refractivity (Wildman–Crippen MR) is 79.5 cm³/mol. The van der Waals surface area contributed by atoms with E-state index in [4.69, 9.17) is 0 Å². The highest BCUT2D eigenvalue weighted by Gasteiger charge is 2.33. The van der Waals surface area contributed by atoms with Crippen LogP contribution in [0.25, 0.3) is 0 Å². The maximum absolute atomic E-state index is 13.0. The predicted octanol–water partition coefficient (Wildman–Crippen LogP) is 2.17. The lowest BCUT2D eigenvalue weighted by atomic mass is 10.0. The number of amides is 2. The Balaban J connectivity index is 1.72. The molecule has 1 aromatic rings. The highest BCUT2D eigenvalue weighted by molar-refractivity contribution is 5.74. The summed E-state index contributed by atoms with van der Waals surface area (Å²) in [5, 5.41) is 12.2. The molecule has 2 atom stereocenters. The number of aryl methyl sites for hydroxylation is 1. The summed E-state index contributed by atoms with van der Waals surface area (Å²) >= 11 is 0. The molecule has 0 radical (unpaired) electrons. The number of urea groups is 1. The number of hydrogen-bond donors (Lipinski definition) is 2. The van der Waals surface area contributed by atoms with Crippen LogP contribution in [0.15, 0.2) is 24.3 Å². The number of halogens is 1. The van der Waals surface area contributed by atoms with E-state index >= 15 is 0 Å². The molecule has 1 aliphatic rings. The number of carbonyl (C=O) groups excluding carboxylic acids is 1. The molecule has 0 aliphatic carbocycles. The quantitative estimate of drug-likeness (QED) is 0.818. The van der Waals surface area contributed by atoms with Gasteiger partial charge >= 0.3 is 6.03 Å². The van der Waals surface area contributed by atoms with Gasteiger partial charge in [0.1, 0.15) is 5.82 Å². The van der Waals surface area contributed by atoms with E-state index < -0.39 is 0 Å². The second-order valence-corrected chi connectivity index (χ2v) is 5.67. The minimum atomic E-state index is -0.228. The number of hydrogen-bond acceptors (Lipinski definition) is 2. The maximum atomic E-state index is 13.0. The van der Waals surface area contributed by atoms with Crippen LogP contribution in [0.5, 0.6) is 0 Å². The highest BCUT2D eigenvalue weighted by Crippen LogP contribution is 2.23. The Morgan fingerprint density at radius 2 is 2.33 bits per heavy atom. The van der Waals surface area contributed by atoms with Crippen LogP contribution in [0.1, 0.15) is 25.3 Å². The Kier molecular flexibility index (Phi) is 5.56. The summed E-state index contributed by atoms with van der Waals surface area (Å²) in [6.07, 6.45) is 2.43. The zero-order chi connectivity index (χ0) is 15.2. The van der Waals surface area contributed by atoms with Crippen LogP contribution in [0.4, 0.5) is 9.18 Å². The van der Waals surface area contributed by atoms with Crippen LogP contribution in [-0.4, -0.2) is 41.8 Å². The molecule has 2 unspecified atom stereocenters. The summed E-state index contributed by atoms with van der Waals surface area (Å²) in [6.45, 7) is 3.32. The van der Waals surface area contributed by atoms with E-state index in [2.05, 4.69) is 12.2 Å². The third kappa shape index (κ3) is 4.17. The molecular formula is C16H23FN2O2. The smallest absolute Gasteiger partial charge is 0.317 e. The van der Waals surface area contributed by atoms with Crippen molar-refractivity contribution in [2.75, 3.05) is 19.7 Å². The minimum Gasteiger partial charge on any atom is -0.394 e. The van der Waals surface area contributed by atoms with Gasteiger partial charge in [0.15, 0.2) is 0 Å². The van der Waals surface area contributed by atoms with Crippen LogP contribution < -0.4 is 5.32 Å². The van der Waals surface area contributed by atoms with Crippen molar-refractivity contribution in [3.63, 3.8) is 0 Å². The Bertz CT molecular complexity index is 481. The van der Waals surface area contributed by atoms with Crippen molar-refractivity contribution in [1.82, 2.24) is 10.2 Å². The summed E-state index contributed by atoms with van der Waals surface area (Å²) in [6, 6.07) is 6.33. The fourth-order valence-electron chi connectivity index (χ4n) is 2.82. The van der Waals surface area contributed by atoms with Crippen molar-refractivity contribution in [2.24, 2.45) is 5.92 Å². The third-order valence-corrected chi connectivity index (χ3v) is 4.14. The maximum Gasteiger partial charge on any atom is 0.317 e. The van der Waals surface area contributed by atoms with E-state index in [0.29, 0.717) is 19.0 Å². The molecule has 1 aromatic carbocycles. The van der Waals surface area contributed by atoms with Crippen molar-refractivity contribution in [2.45, 2.75) is 32.2 Å². The number of rotatable bonds is 5. The zero-order valence-corrected chi connectivity index (χ0v) is 12.4. The molecule has 5 heteroatoms. The Hall–Kier alpha value is -1.62. The number of nitrogens with one attached hydrogen (secondary N) is 1. The zero-order valence-electron chi connectivity index (χ0n) is 12.4. The molecule has 4 nitrogen and oxygen atoms in total. The van der Waals surface area contributed by atoms with Gasteiger partial charge in [-0.3, -0.25) is 0 Å². The minimum absolute atomic E-state index is 0.0118. The molecule has 2 N–H and O–H groups in total. The van der Waals surface area contributed by atoms with E-state index in [9.17, 15) is 14.3 Å². The Morgan fingerprint density at radius 1 is 1.52 bits per heavy atom. The number of benzene rings is 1. The average molecular weight is 294 g/mol. The molecule has 0 aromatic heterocycles. The van der Waals surface area contributed by atoms with Gasteiger partial charge in [0.25, 0.3) is 0 Å². The number of nitrogens with zero attached hydrogens (tertiary/aromatic N) is 1. The van der Waals surface area contributed by atoms with Crippen LogP contribution >= 0.6 is 0 Å². The van der Waals surface area contributed by atoms with Crippen molar-refractivity contribution in [3.05, 3.63) is 35.6 Å². The van der Waals surface area contributed by atoms with Gasteiger partial charge < -0.3 is 15.3 Å². The van der Waals surface area contributed by atoms with E-state index in [1.165, 1.54) is 12.1 Å². The fourth-order valence-corrected chi connectivity index (χ4v) is 2.82. The van der Waals surface area contributed by atoms with Crippen LogP contribution in [-0.2, 0) is 6.42 Å². The van der Waals surface area contributed by atoms with E-state index in [1.54, 1.807) is 11.0 Å². The lowest BCUT2D eigenvalue weighted by Crippen LogP contribution is -2.45. The van der Waals surface area contributed by atoms with Gasteiger partial charge in [-0.2, -0.15) is 0 Å². The molecule has 1 aliphatic heterocycles. The van der Waals surface area contributed by atoms with Gasteiger partial charge in [0.2, 0.25) is 0 Å². The molecule has 0 saturated carbocycles. The summed E-state index contributed by atoms with van der Waals surface area (Å²) < 4.78 is 13.0. The normalized spacial score (nSPS) is 21.6. The Labute approximate surface area is 125 Å². The molecule has 1 fully saturated rings. The molecule has 0 spiro atoms. The van der Waals surface area contributed by atoms with E-state index in [0.717, 1.165) is 24.8 Å². The van der Waals surface area contributed by atoms with Crippen molar-refractivity contribution in [1.29, 1.82) is 0 Å². The lowest BCUT2D eigenvalue weighted by molar-refractivity contribution is 0.144. The first-order valence-corrected chi connectivity index (χ1v) is 7.51. The van der Waals surface area contributed by atoms with Gasteiger partial charge in [-0.05, 0) is 42.9 Å². The molecule has 2 rings (SSSR count). The van der Waals surface area contributed by atoms with Crippen molar-refractivity contribution in [3.8, 4) is 0 Å². The second kappa shape index (κ2) is 7.41. The SMILES string of the molecule is CC1CCN(C(=O)NCCCc2cccc(F)c2)C1CO. The molecule has 2 amide bonds. The van der Waals surface area contributed by atoms with Gasteiger partial charge in [0, 0.05) is 13.1 Å². The summed E-state index contributed by atoms with van der Waals surface area (Å²) in [5.74, 6) is 0.112. The molecular weight excluding hydrogens is 271 g/mol. The van der Waals surface area contributed by atoms with E-state index in [-0.39, 0.29) is 24.5 Å². The standard InChI is InChI=1S/C16H23FN2O2/c1-12-7-9-19(15(12)11-20)16(21)18-8-3-5-13-4-2-6-14(17)10-13/h2,4,6,10,12,15,20H,3,5,7-9,11H2,1H3,(H,18,21). The largest absolute Gasteiger partial charge is 0.394 e. The van der Waals surface area contributed by atoms with Crippen LogP contribution in [0, 0.1) is 11.7 Å². The highest BCUT2D eigenvalue weighted by atomic mass is 19.1. The van der Waals surface area contributed by atoms with Gasteiger partial charge in [0.05, 0.1) is 12.6 Å². The number of aliphatic hydroxyl groups excluding tert-OH is 1. The number of aliphatic hydroxyl groups is 1. The van der Waals surface area contributed by atoms with Gasteiger partial charge in [-0.1, -0.05) is 19.1 Å². The van der Waals surface area contributed by atoms with Crippen molar-refractivity contribution >= 4 is 6.03 Å². The van der Waals surface area contributed by atoms with Gasteiger partial charge in [-0.25, -0.2) is 9.18 Å². The van der Waals surface area contributed by atoms with E-state index in [1.807, 2.05) is 6.07 Å². The fraction of sp³-hybridized carbons (Fsp3) is 0.562. The topological polar surface area (TPSA) is 52.6 Å².